The van der Waals surface area contributed by atoms with Gasteiger partial charge in [0.05, 0.1) is 12.7 Å². The first-order valence-corrected chi connectivity index (χ1v) is 6.67. The Morgan fingerprint density at radius 1 is 1.27 bits per heavy atom. The van der Waals surface area contributed by atoms with Gasteiger partial charge in [-0.25, -0.2) is 4.68 Å². The van der Waals surface area contributed by atoms with E-state index >= 15 is 0 Å². The molecule has 0 fully saturated rings. The molecule has 0 spiro atoms. The fourth-order valence-corrected chi connectivity index (χ4v) is 2.05. The van der Waals surface area contributed by atoms with Gasteiger partial charge in [0.15, 0.2) is 0 Å². The van der Waals surface area contributed by atoms with Gasteiger partial charge in [0.25, 0.3) is 5.56 Å². The third kappa shape index (κ3) is 2.60. The molecule has 2 heterocycles. The van der Waals surface area contributed by atoms with Crippen LogP contribution >= 0.6 is 0 Å². The molecule has 0 aliphatic rings. The monoisotopic (exact) mass is 298 g/mol. The molecule has 3 rings (SSSR count). The Bertz CT molecular complexity index is 854. The summed E-state index contributed by atoms with van der Waals surface area (Å²) in [6.45, 7) is 1.86. The molecule has 0 aliphatic carbocycles. The number of nitrogens with zero attached hydrogens (tertiary/aromatic N) is 4. The van der Waals surface area contributed by atoms with Crippen molar-refractivity contribution in [3.63, 3.8) is 0 Å². The number of aromatic nitrogens is 4. The van der Waals surface area contributed by atoms with E-state index in [1.54, 1.807) is 26.3 Å². The van der Waals surface area contributed by atoms with Crippen LogP contribution in [0, 0.1) is 6.92 Å². The maximum Gasteiger partial charge on any atom is 0.270 e. The standard InChI is InChI=1S/C15H14N4O3/c1-10-7-8-16-19(15(10)20)9-13-17-14(18-22-13)11-5-3-4-6-12(11)21-2/h3-8H,9H2,1-2H3. The minimum absolute atomic E-state index is 0.128. The van der Waals surface area contributed by atoms with Crippen LogP contribution in [0.4, 0.5) is 0 Å². The molecule has 2 aromatic heterocycles. The van der Waals surface area contributed by atoms with Gasteiger partial charge in [-0.15, -0.1) is 0 Å². The summed E-state index contributed by atoms with van der Waals surface area (Å²) < 4.78 is 11.8. The van der Waals surface area contributed by atoms with Crippen molar-refractivity contribution in [2.24, 2.45) is 0 Å². The van der Waals surface area contributed by atoms with Crippen molar-refractivity contribution in [1.29, 1.82) is 0 Å². The van der Waals surface area contributed by atoms with Crippen molar-refractivity contribution in [2.75, 3.05) is 7.11 Å². The van der Waals surface area contributed by atoms with E-state index in [4.69, 9.17) is 9.26 Å². The van der Waals surface area contributed by atoms with Crippen LogP contribution in [0.2, 0.25) is 0 Å². The van der Waals surface area contributed by atoms with Gasteiger partial charge in [-0.1, -0.05) is 17.3 Å². The average molecular weight is 298 g/mol. The fourth-order valence-electron chi connectivity index (χ4n) is 2.05. The Morgan fingerprint density at radius 3 is 2.91 bits per heavy atom. The maximum atomic E-state index is 11.9. The first-order chi connectivity index (χ1) is 10.7. The first kappa shape index (κ1) is 14.0. The van der Waals surface area contributed by atoms with Crippen LogP contribution in [0.1, 0.15) is 11.5 Å². The zero-order valence-corrected chi connectivity index (χ0v) is 12.2. The van der Waals surface area contributed by atoms with E-state index in [1.807, 2.05) is 24.3 Å². The lowest BCUT2D eigenvalue weighted by Crippen LogP contribution is -2.24. The molecular weight excluding hydrogens is 284 g/mol. The van der Waals surface area contributed by atoms with E-state index in [0.717, 1.165) is 5.56 Å². The Balaban J connectivity index is 1.91. The van der Waals surface area contributed by atoms with Crippen LogP contribution in [-0.4, -0.2) is 27.0 Å². The molecule has 0 saturated carbocycles. The lowest BCUT2D eigenvalue weighted by atomic mass is 10.2. The normalized spacial score (nSPS) is 10.6. The molecule has 0 unspecified atom stereocenters. The smallest absolute Gasteiger partial charge is 0.270 e. The highest BCUT2D eigenvalue weighted by molar-refractivity contribution is 5.63. The molecule has 7 nitrogen and oxygen atoms in total. The van der Waals surface area contributed by atoms with E-state index in [1.165, 1.54) is 4.68 Å². The number of rotatable bonds is 4. The Kier molecular flexibility index (Phi) is 3.69. The predicted molar refractivity (Wildman–Crippen MR) is 78.6 cm³/mol. The van der Waals surface area contributed by atoms with Gasteiger partial charge in [0.1, 0.15) is 12.3 Å². The molecule has 0 aliphatic heterocycles. The predicted octanol–water partition coefficient (Wildman–Crippen LogP) is 1.66. The summed E-state index contributed by atoms with van der Waals surface area (Å²) in [5.74, 6) is 1.37. The highest BCUT2D eigenvalue weighted by Gasteiger charge is 2.14. The minimum atomic E-state index is -0.181. The largest absolute Gasteiger partial charge is 0.496 e. The topological polar surface area (TPSA) is 83.0 Å². The van der Waals surface area contributed by atoms with Gasteiger partial charge in [-0.05, 0) is 25.1 Å². The molecule has 3 aromatic rings. The second-order valence-corrected chi connectivity index (χ2v) is 4.69. The molecular formula is C15H14N4O3. The third-order valence-corrected chi connectivity index (χ3v) is 3.20. The summed E-state index contributed by atoms with van der Waals surface area (Å²) in [6.07, 6.45) is 1.56. The summed E-state index contributed by atoms with van der Waals surface area (Å²) in [7, 11) is 1.58. The highest BCUT2D eigenvalue weighted by Crippen LogP contribution is 2.26. The summed E-state index contributed by atoms with van der Waals surface area (Å²) in [5, 5.41) is 7.94. The Labute approximate surface area is 126 Å². The van der Waals surface area contributed by atoms with E-state index in [0.29, 0.717) is 23.0 Å². The molecule has 112 valence electrons. The number of methoxy groups -OCH3 is 1. The number of aryl methyl sites for hydroxylation is 1. The summed E-state index contributed by atoms with van der Waals surface area (Å²) >= 11 is 0. The van der Waals surface area contributed by atoms with E-state index in [2.05, 4.69) is 15.2 Å². The van der Waals surface area contributed by atoms with E-state index < -0.39 is 0 Å². The van der Waals surface area contributed by atoms with Gasteiger partial charge in [-0.2, -0.15) is 10.1 Å². The first-order valence-electron chi connectivity index (χ1n) is 6.67. The van der Waals surface area contributed by atoms with Gasteiger partial charge in [0, 0.05) is 11.8 Å². The summed E-state index contributed by atoms with van der Waals surface area (Å²) in [4.78, 5) is 16.2. The van der Waals surface area contributed by atoms with Gasteiger partial charge in [0.2, 0.25) is 11.7 Å². The Hall–Kier alpha value is -2.96. The van der Waals surface area contributed by atoms with Gasteiger partial charge < -0.3 is 9.26 Å². The van der Waals surface area contributed by atoms with Crippen molar-refractivity contribution in [3.05, 3.63) is 58.3 Å². The quantitative estimate of drug-likeness (QED) is 0.728. The van der Waals surface area contributed by atoms with Crippen molar-refractivity contribution >= 4 is 0 Å². The van der Waals surface area contributed by atoms with Crippen LogP contribution < -0.4 is 10.3 Å². The molecule has 0 saturated heterocycles. The van der Waals surface area contributed by atoms with Crippen LogP contribution in [-0.2, 0) is 6.54 Å². The number of hydrogen-bond acceptors (Lipinski definition) is 6. The van der Waals surface area contributed by atoms with Crippen LogP contribution in [0.5, 0.6) is 5.75 Å². The van der Waals surface area contributed by atoms with Crippen molar-refractivity contribution in [2.45, 2.75) is 13.5 Å². The highest BCUT2D eigenvalue weighted by atomic mass is 16.5. The van der Waals surface area contributed by atoms with E-state index in [9.17, 15) is 4.79 Å². The molecule has 0 amide bonds. The molecule has 22 heavy (non-hydrogen) atoms. The van der Waals surface area contributed by atoms with Crippen LogP contribution in [0.15, 0.2) is 45.8 Å². The second-order valence-electron chi connectivity index (χ2n) is 4.69. The van der Waals surface area contributed by atoms with Crippen molar-refractivity contribution in [3.8, 4) is 17.1 Å². The molecule has 7 heteroatoms. The lowest BCUT2D eigenvalue weighted by molar-refractivity contribution is 0.362. The van der Waals surface area contributed by atoms with Crippen molar-refractivity contribution < 1.29 is 9.26 Å². The average Bonchev–Trinajstić information content (AvgIpc) is 3.00. The number of benzene rings is 1. The Morgan fingerprint density at radius 2 is 2.09 bits per heavy atom. The number of para-hydroxylation sites is 1. The zero-order valence-electron chi connectivity index (χ0n) is 12.2. The van der Waals surface area contributed by atoms with Crippen LogP contribution in [0.25, 0.3) is 11.4 Å². The summed E-state index contributed by atoms with van der Waals surface area (Å²) in [6, 6.07) is 9.04. The molecule has 1 aromatic carbocycles. The van der Waals surface area contributed by atoms with Gasteiger partial charge >= 0.3 is 0 Å². The lowest BCUT2D eigenvalue weighted by Gasteiger charge is -2.03. The molecule has 0 radical (unpaired) electrons. The molecule has 0 N–H and O–H groups in total. The number of ether oxygens (including phenoxy) is 1. The molecule has 0 atom stereocenters. The summed E-state index contributed by atoms with van der Waals surface area (Å²) in [5.41, 5.74) is 1.16. The fraction of sp³-hybridized carbons (Fsp3) is 0.200. The maximum absolute atomic E-state index is 11.9. The van der Waals surface area contributed by atoms with Gasteiger partial charge in [-0.3, -0.25) is 4.79 Å². The van der Waals surface area contributed by atoms with Crippen LogP contribution in [0.3, 0.4) is 0 Å². The minimum Gasteiger partial charge on any atom is -0.496 e. The van der Waals surface area contributed by atoms with Crippen molar-refractivity contribution in [1.82, 2.24) is 19.9 Å². The number of hydrogen-bond donors (Lipinski definition) is 0. The molecule has 0 bridgehead atoms. The SMILES string of the molecule is COc1ccccc1-c1noc(Cn2nccc(C)c2=O)n1. The van der Waals surface area contributed by atoms with E-state index in [-0.39, 0.29) is 12.1 Å². The third-order valence-electron chi connectivity index (χ3n) is 3.20. The zero-order chi connectivity index (χ0) is 15.5. The second kappa shape index (κ2) is 5.80.